The van der Waals surface area contributed by atoms with Crippen molar-refractivity contribution in [3.63, 3.8) is 0 Å². The topological polar surface area (TPSA) is 59.6 Å². The number of likely N-dealkylation sites (tertiary alicyclic amines) is 1. The maximum Gasteiger partial charge on any atom is 0.273 e. The molecule has 2 aromatic rings. The van der Waals surface area contributed by atoms with Gasteiger partial charge >= 0.3 is 0 Å². The molecule has 1 fully saturated rings. The van der Waals surface area contributed by atoms with E-state index in [1.807, 2.05) is 0 Å². The molecule has 0 aliphatic carbocycles. The molecule has 7 heteroatoms. The van der Waals surface area contributed by atoms with Crippen molar-refractivity contribution in [1.82, 2.24) is 10.5 Å². The van der Waals surface area contributed by atoms with Crippen LogP contribution in [0.3, 0.4) is 0 Å². The molecule has 1 amide bonds. The summed E-state index contributed by atoms with van der Waals surface area (Å²) in [5.74, 6) is 0.144. The minimum absolute atomic E-state index is 0.106. The summed E-state index contributed by atoms with van der Waals surface area (Å²) in [5.41, 5.74) is 0.870. The fourth-order valence-electron chi connectivity index (χ4n) is 3.03. The average Bonchev–Trinajstić information content (AvgIpc) is 2.99. The van der Waals surface area contributed by atoms with Gasteiger partial charge in [-0.2, -0.15) is 0 Å². The Bertz CT molecular complexity index is 706. The molecule has 1 aromatic heterocycles. The lowest BCUT2D eigenvalue weighted by atomic mass is 10.0. The van der Waals surface area contributed by atoms with Gasteiger partial charge < -0.3 is 14.7 Å². The van der Waals surface area contributed by atoms with Gasteiger partial charge in [-0.05, 0) is 19.1 Å². The molecule has 1 aliphatic heterocycles. The molecule has 0 radical (unpaired) electrons. The van der Waals surface area contributed by atoms with Gasteiger partial charge in [0, 0.05) is 24.9 Å². The fraction of sp³-hybridized carbons (Fsp3) is 0.412. The maximum absolute atomic E-state index is 13.9. The Morgan fingerprint density at radius 2 is 2.21 bits per heavy atom. The van der Waals surface area contributed by atoms with E-state index >= 15 is 0 Å². The largest absolute Gasteiger partial charge is 0.361 e. The highest BCUT2D eigenvalue weighted by Gasteiger charge is 2.26. The molecule has 2 heterocycles. The fourth-order valence-corrected chi connectivity index (χ4v) is 3.26. The molecule has 0 atom stereocenters. The first-order chi connectivity index (χ1) is 11.5. The third kappa shape index (κ3) is 3.94. The van der Waals surface area contributed by atoms with Crippen LogP contribution in [0.25, 0.3) is 0 Å². The monoisotopic (exact) mass is 352 g/mol. The second-order valence-corrected chi connectivity index (χ2v) is 6.60. The van der Waals surface area contributed by atoms with Crippen LogP contribution < -0.4 is 10.2 Å². The van der Waals surface area contributed by atoms with E-state index in [4.69, 9.17) is 16.1 Å². The first kappa shape index (κ1) is 16.9. The second-order valence-electron chi connectivity index (χ2n) is 6.20. The van der Waals surface area contributed by atoms with Crippen LogP contribution in [-0.4, -0.2) is 30.2 Å². The summed E-state index contributed by atoms with van der Waals surface area (Å²) in [5, 5.41) is 7.18. The highest BCUT2D eigenvalue weighted by Crippen LogP contribution is 2.18. The van der Waals surface area contributed by atoms with E-state index in [0.717, 1.165) is 25.9 Å². The van der Waals surface area contributed by atoms with Gasteiger partial charge in [-0.15, -0.1) is 0 Å². The van der Waals surface area contributed by atoms with E-state index in [-0.39, 0.29) is 17.8 Å². The van der Waals surface area contributed by atoms with Crippen LogP contribution in [0.5, 0.6) is 0 Å². The molecule has 128 valence electrons. The number of quaternary nitrogens is 1. The van der Waals surface area contributed by atoms with E-state index < -0.39 is 0 Å². The molecule has 24 heavy (non-hydrogen) atoms. The Morgan fingerprint density at radius 1 is 1.46 bits per heavy atom. The predicted molar refractivity (Wildman–Crippen MR) is 87.5 cm³/mol. The smallest absolute Gasteiger partial charge is 0.273 e. The molecular formula is C17H20ClFN3O2+. The van der Waals surface area contributed by atoms with E-state index in [1.165, 1.54) is 11.0 Å². The van der Waals surface area contributed by atoms with Crippen molar-refractivity contribution < 1.29 is 18.6 Å². The first-order valence-corrected chi connectivity index (χ1v) is 8.41. The summed E-state index contributed by atoms with van der Waals surface area (Å²) in [6.07, 6.45) is 1.67. The van der Waals surface area contributed by atoms with Crippen molar-refractivity contribution in [3.8, 4) is 0 Å². The summed E-state index contributed by atoms with van der Waals surface area (Å²) in [6, 6.07) is 6.49. The Balaban J connectivity index is 1.52. The zero-order chi connectivity index (χ0) is 17.1. The van der Waals surface area contributed by atoms with E-state index in [1.54, 1.807) is 25.1 Å². The number of hydrogen-bond donors (Lipinski definition) is 2. The highest BCUT2D eigenvalue weighted by molar-refractivity contribution is 6.31. The van der Waals surface area contributed by atoms with Crippen LogP contribution in [0.4, 0.5) is 4.39 Å². The number of halogens is 2. The number of piperidine rings is 1. The number of rotatable bonds is 4. The van der Waals surface area contributed by atoms with Crippen molar-refractivity contribution in [1.29, 1.82) is 0 Å². The molecule has 2 N–H and O–H groups in total. The zero-order valence-corrected chi connectivity index (χ0v) is 14.2. The first-order valence-electron chi connectivity index (χ1n) is 8.03. The minimum atomic E-state index is -0.258. The lowest BCUT2D eigenvalue weighted by molar-refractivity contribution is -0.919. The minimum Gasteiger partial charge on any atom is -0.361 e. The van der Waals surface area contributed by atoms with Crippen LogP contribution in [0.2, 0.25) is 5.02 Å². The van der Waals surface area contributed by atoms with Crippen molar-refractivity contribution in [2.45, 2.75) is 32.4 Å². The normalized spacial score (nSPS) is 20.8. The number of amides is 1. The average molecular weight is 353 g/mol. The van der Waals surface area contributed by atoms with E-state index in [0.29, 0.717) is 28.6 Å². The number of benzene rings is 1. The Kier molecular flexibility index (Phi) is 5.16. The number of aryl methyl sites for hydroxylation is 1. The van der Waals surface area contributed by atoms with E-state index in [9.17, 15) is 9.18 Å². The Hall–Kier alpha value is -1.92. The molecule has 0 bridgehead atoms. The molecule has 1 aliphatic rings. The van der Waals surface area contributed by atoms with E-state index in [2.05, 4.69) is 10.5 Å². The summed E-state index contributed by atoms with van der Waals surface area (Å²) in [7, 11) is 0. The molecule has 3 rings (SSSR count). The van der Waals surface area contributed by atoms with Crippen LogP contribution in [0.15, 0.2) is 28.8 Å². The molecule has 1 aromatic carbocycles. The molecule has 1 saturated heterocycles. The van der Waals surface area contributed by atoms with Gasteiger partial charge in [0.2, 0.25) is 0 Å². The number of carbonyl (C=O) groups is 1. The summed E-state index contributed by atoms with van der Waals surface area (Å²) in [6.45, 7) is 4.02. The maximum atomic E-state index is 13.9. The van der Waals surface area contributed by atoms with Gasteiger partial charge in [0.25, 0.3) is 5.91 Å². The van der Waals surface area contributed by atoms with Crippen molar-refractivity contribution >= 4 is 17.5 Å². The Morgan fingerprint density at radius 3 is 2.83 bits per heavy atom. The summed E-state index contributed by atoms with van der Waals surface area (Å²) >= 11 is 6.09. The molecule has 5 nitrogen and oxygen atoms in total. The number of nitrogens with zero attached hydrogens (tertiary/aromatic N) is 1. The summed E-state index contributed by atoms with van der Waals surface area (Å²) < 4.78 is 18.8. The Labute approximate surface area is 144 Å². The van der Waals surface area contributed by atoms with Crippen LogP contribution >= 0.6 is 11.6 Å². The number of nitrogens with one attached hydrogen (secondary N) is 2. The lowest BCUT2D eigenvalue weighted by Crippen LogP contribution is -3.12. The van der Waals surface area contributed by atoms with Crippen molar-refractivity contribution in [3.05, 3.63) is 52.1 Å². The number of carbonyl (C=O) groups excluding carboxylic acids is 1. The van der Waals surface area contributed by atoms with Crippen molar-refractivity contribution in [2.75, 3.05) is 13.1 Å². The predicted octanol–water partition coefficient (Wildman–Crippen LogP) is 1.75. The molecule has 0 spiro atoms. The van der Waals surface area contributed by atoms with Gasteiger partial charge in [-0.25, -0.2) is 4.39 Å². The quantitative estimate of drug-likeness (QED) is 0.881. The number of hydrogen-bond acceptors (Lipinski definition) is 3. The van der Waals surface area contributed by atoms with Crippen LogP contribution in [-0.2, 0) is 6.54 Å². The third-order valence-corrected chi connectivity index (χ3v) is 4.73. The van der Waals surface area contributed by atoms with Gasteiger partial charge in [-0.3, -0.25) is 4.79 Å². The van der Waals surface area contributed by atoms with Gasteiger partial charge in [0.05, 0.1) is 23.7 Å². The summed E-state index contributed by atoms with van der Waals surface area (Å²) in [4.78, 5) is 13.3. The third-order valence-electron chi connectivity index (χ3n) is 4.38. The second kappa shape index (κ2) is 7.32. The number of aromatic nitrogens is 1. The van der Waals surface area contributed by atoms with Crippen molar-refractivity contribution in [2.24, 2.45) is 0 Å². The molecular weight excluding hydrogens is 333 g/mol. The lowest BCUT2D eigenvalue weighted by Gasteiger charge is -2.29. The van der Waals surface area contributed by atoms with Gasteiger partial charge in [0.15, 0.2) is 5.69 Å². The van der Waals surface area contributed by atoms with Crippen LogP contribution in [0, 0.1) is 12.7 Å². The highest BCUT2D eigenvalue weighted by atomic mass is 35.5. The molecule has 0 saturated carbocycles. The molecule has 0 unspecified atom stereocenters. The standard InChI is InChI=1S/C17H19ClFN3O2/c1-11-9-16(21-24-11)17(23)20-12-5-7-22(8-6-12)10-13-14(18)3-2-4-15(13)19/h2-4,9,12H,5-8,10H2,1H3,(H,20,23)/p+1. The zero-order valence-electron chi connectivity index (χ0n) is 13.4. The van der Waals surface area contributed by atoms with Gasteiger partial charge in [0.1, 0.15) is 18.1 Å². The van der Waals surface area contributed by atoms with Crippen LogP contribution in [0.1, 0.15) is 34.7 Å². The van der Waals surface area contributed by atoms with Gasteiger partial charge in [-0.1, -0.05) is 22.8 Å². The SMILES string of the molecule is Cc1cc(C(=O)NC2CC[NH+](Cc3c(F)cccc3Cl)CC2)no1.